The van der Waals surface area contributed by atoms with Crippen molar-refractivity contribution in [2.24, 2.45) is 11.8 Å². The van der Waals surface area contributed by atoms with Crippen molar-refractivity contribution in [1.29, 1.82) is 0 Å². The fourth-order valence-electron chi connectivity index (χ4n) is 3.15. The van der Waals surface area contributed by atoms with Gasteiger partial charge < -0.3 is 15.0 Å². The van der Waals surface area contributed by atoms with Gasteiger partial charge >= 0.3 is 0 Å². The maximum Gasteiger partial charge on any atom is 0.0491 e. The van der Waals surface area contributed by atoms with Crippen LogP contribution in [0.15, 0.2) is 0 Å². The van der Waals surface area contributed by atoms with Crippen LogP contribution in [0.4, 0.5) is 0 Å². The minimum atomic E-state index is 0.813. The van der Waals surface area contributed by atoms with Gasteiger partial charge in [0.05, 0.1) is 0 Å². The molecule has 2 aliphatic heterocycles. The summed E-state index contributed by atoms with van der Waals surface area (Å²) in [6, 6.07) is 0. The van der Waals surface area contributed by atoms with E-state index in [1.807, 2.05) is 7.11 Å². The van der Waals surface area contributed by atoms with E-state index < -0.39 is 0 Å². The lowest BCUT2D eigenvalue weighted by Gasteiger charge is -2.33. The molecule has 1 atom stereocenters. The number of rotatable bonds is 5. The first-order chi connectivity index (χ1) is 8.38. The van der Waals surface area contributed by atoms with Crippen LogP contribution in [0.1, 0.15) is 32.1 Å². The number of likely N-dealkylation sites (tertiary alicyclic amines) is 1. The molecule has 100 valence electrons. The first-order valence-corrected chi connectivity index (χ1v) is 7.30. The first kappa shape index (κ1) is 13.3. The molecule has 2 rings (SSSR count). The standard InChI is InChI=1S/C14H28N2O/c1-17-12-14-5-9-16(10-6-14)8-4-13-3-2-7-15-11-13/h13-15H,2-12H2,1H3. The van der Waals surface area contributed by atoms with Gasteiger partial charge in [-0.15, -0.1) is 0 Å². The molecule has 0 aromatic rings. The molecule has 0 spiro atoms. The third-order valence-corrected chi connectivity index (χ3v) is 4.36. The highest BCUT2D eigenvalue weighted by Crippen LogP contribution is 2.19. The van der Waals surface area contributed by atoms with E-state index in [-0.39, 0.29) is 0 Å². The number of nitrogens with zero attached hydrogens (tertiary/aromatic N) is 1. The number of nitrogens with one attached hydrogen (secondary N) is 1. The largest absolute Gasteiger partial charge is 0.384 e. The SMILES string of the molecule is COCC1CCN(CCC2CCCNC2)CC1. The second-order valence-corrected chi connectivity index (χ2v) is 5.74. The summed E-state index contributed by atoms with van der Waals surface area (Å²) >= 11 is 0. The molecule has 2 saturated heterocycles. The summed E-state index contributed by atoms with van der Waals surface area (Å²) < 4.78 is 5.24. The normalized spacial score (nSPS) is 28.4. The minimum Gasteiger partial charge on any atom is -0.384 e. The maximum absolute atomic E-state index is 5.24. The molecular formula is C14H28N2O. The molecule has 0 aromatic heterocycles. The summed E-state index contributed by atoms with van der Waals surface area (Å²) in [4.78, 5) is 2.65. The second-order valence-electron chi connectivity index (χ2n) is 5.74. The van der Waals surface area contributed by atoms with Crippen molar-refractivity contribution in [3.63, 3.8) is 0 Å². The topological polar surface area (TPSA) is 24.5 Å². The van der Waals surface area contributed by atoms with Crippen LogP contribution in [0.3, 0.4) is 0 Å². The Hall–Kier alpha value is -0.120. The molecule has 2 fully saturated rings. The summed E-state index contributed by atoms with van der Waals surface area (Å²) in [6.07, 6.45) is 6.86. The van der Waals surface area contributed by atoms with Crippen molar-refractivity contribution in [2.75, 3.05) is 46.4 Å². The van der Waals surface area contributed by atoms with E-state index in [0.29, 0.717) is 0 Å². The van der Waals surface area contributed by atoms with E-state index in [2.05, 4.69) is 10.2 Å². The quantitative estimate of drug-likeness (QED) is 0.792. The second kappa shape index (κ2) is 7.34. The maximum atomic E-state index is 5.24. The van der Waals surface area contributed by atoms with Crippen LogP contribution in [0, 0.1) is 11.8 Å². The van der Waals surface area contributed by atoms with E-state index in [4.69, 9.17) is 4.74 Å². The third kappa shape index (κ3) is 4.57. The molecule has 0 saturated carbocycles. The van der Waals surface area contributed by atoms with E-state index in [0.717, 1.165) is 18.4 Å². The molecule has 17 heavy (non-hydrogen) atoms. The van der Waals surface area contributed by atoms with Crippen LogP contribution in [-0.4, -0.2) is 51.3 Å². The number of ether oxygens (including phenoxy) is 1. The Morgan fingerprint density at radius 3 is 2.65 bits per heavy atom. The van der Waals surface area contributed by atoms with E-state index in [1.54, 1.807) is 0 Å². The summed E-state index contributed by atoms with van der Waals surface area (Å²) in [5, 5.41) is 3.51. The molecule has 2 heterocycles. The van der Waals surface area contributed by atoms with Crippen molar-refractivity contribution >= 4 is 0 Å². The highest BCUT2D eigenvalue weighted by atomic mass is 16.5. The van der Waals surface area contributed by atoms with Crippen molar-refractivity contribution in [2.45, 2.75) is 32.1 Å². The number of hydrogen-bond acceptors (Lipinski definition) is 3. The molecule has 0 aromatic carbocycles. The van der Waals surface area contributed by atoms with Gasteiger partial charge in [0.15, 0.2) is 0 Å². The van der Waals surface area contributed by atoms with Crippen LogP contribution in [0.5, 0.6) is 0 Å². The zero-order valence-corrected chi connectivity index (χ0v) is 11.3. The van der Waals surface area contributed by atoms with Crippen LogP contribution < -0.4 is 5.32 Å². The van der Waals surface area contributed by atoms with Gasteiger partial charge in [0.2, 0.25) is 0 Å². The first-order valence-electron chi connectivity index (χ1n) is 7.30. The minimum absolute atomic E-state index is 0.813. The summed E-state index contributed by atoms with van der Waals surface area (Å²) in [6.45, 7) is 7.33. The highest BCUT2D eigenvalue weighted by molar-refractivity contribution is 4.75. The Kier molecular flexibility index (Phi) is 5.75. The molecule has 0 radical (unpaired) electrons. The van der Waals surface area contributed by atoms with Gasteiger partial charge in [0.25, 0.3) is 0 Å². The van der Waals surface area contributed by atoms with E-state index in [1.165, 1.54) is 64.8 Å². The van der Waals surface area contributed by atoms with Gasteiger partial charge in [-0.25, -0.2) is 0 Å². The fraction of sp³-hybridized carbons (Fsp3) is 1.00. The van der Waals surface area contributed by atoms with Crippen LogP contribution in [-0.2, 0) is 4.74 Å². The zero-order valence-electron chi connectivity index (χ0n) is 11.3. The van der Waals surface area contributed by atoms with Crippen LogP contribution in [0.2, 0.25) is 0 Å². The fourth-order valence-corrected chi connectivity index (χ4v) is 3.15. The van der Waals surface area contributed by atoms with Gasteiger partial charge in [-0.05, 0) is 76.7 Å². The molecule has 0 aliphatic carbocycles. The average molecular weight is 240 g/mol. The smallest absolute Gasteiger partial charge is 0.0491 e. The van der Waals surface area contributed by atoms with Crippen LogP contribution >= 0.6 is 0 Å². The lowest BCUT2D eigenvalue weighted by Crippen LogP contribution is -2.38. The molecule has 3 nitrogen and oxygen atoms in total. The lowest BCUT2D eigenvalue weighted by molar-refractivity contribution is 0.0962. The van der Waals surface area contributed by atoms with Gasteiger partial charge in [-0.1, -0.05) is 0 Å². The Morgan fingerprint density at radius 2 is 2.00 bits per heavy atom. The molecule has 1 N–H and O–H groups in total. The highest BCUT2D eigenvalue weighted by Gasteiger charge is 2.20. The molecule has 0 amide bonds. The summed E-state index contributed by atoms with van der Waals surface area (Å²) in [5.41, 5.74) is 0. The lowest BCUT2D eigenvalue weighted by atomic mass is 9.94. The summed E-state index contributed by atoms with van der Waals surface area (Å²) in [5.74, 6) is 1.74. The number of hydrogen-bond donors (Lipinski definition) is 1. The zero-order chi connectivity index (χ0) is 11.9. The van der Waals surface area contributed by atoms with Crippen molar-refractivity contribution in [3.05, 3.63) is 0 Å². The molecule has 0 bridgehead atoms. The van der Waals surface area contributed by atoms with Crippen LogP contribution in [0.25, 0.3) is 0 Å². The Morgan fingerprint density at radius 1 is 1.18 bits per heavy atom. The Labute approximate surface area is 106 Å². The van der Waals surface area contributed by atoms with Crippen molar-refractivity contribution in [3.8, 4) is 0 Å². The monoisotopic (exact) mass is 240 g/mol. The van der Waals surface area contributed by atoms with Gasteiger partial charge in [-0.3, -0.25) is 0 Å². The van der Waals surface area contributed by atoms with E-state index in [9.17, 15) is 0 Å². The van der Waals surface area contributed by atoms with E-state index >= 15 is 0 Å². The summed E-state index contributed by atoms with van der Waals surface area (Å²) in [7, 11) is 1.82. The predicted octanol–water partition coefficient (Wildman–Crippen LogP) is 1.73. The molecular weight excluding hydrogens is 212 g/mol. The Balaban J connectivity index is 1.57. The van der Waals surface area contributed by atoms with Gasteiger partial charge in [0, 0.05) is 13.7 Å². The van der Waals surface area contributed by atoms with Gasteiger partial charge in [-0.2, -0.15) is 0 Å². The van der Waals surface area contributed by atoms with Crippen molar-refractivity contribution in [1.82, 2.24) is 10.2 Å². The Bertz CT molecular complexity index is 196. The molecule has 1 unspecified atom stereocenters. The average Bonchev–Trinajstić information content (AvgIpc) is 2.40. The van der Waals surface area contributed by atoms with Gasteiger partial charge in [0.1, 0.15) is 0 Å². The predicted molar refractivity (Wildman–Crippen MR) is 71.3 cm³/mol. The van der Waals surface area contributed by atoms with Crippen molar-refractivity contribution < 1.29 is 4.74 Å². The number of methoxy groups -OCH3 is 1. The molecule has 3 heteroatoms. The third-order valence-electron chi connectivity index (χ3n) is 4.36. The number of piperidine rings is 2. The molecule has 2 aliphatic rings.